The minimum atomic E-state index is -0.606. The van der Waals surface area contributed by atoms with Gasteiger partial charge in [-0.05, 0) is 51.3 Å². The van der Waals surface area contributed by atoms with Gasteiger partial charge in [-0.25, -0.2) is 4.79 Å². The maximum atomic E-state index is 11.6. The second-order valence-corrected chi connectivity index (χ2v) is 5.31. The van der Waals surface area contributed by atoms with Gasteiger partial charge < -0.3 is 14.9 Å². The van der Waals surface area contributed by atoms with Crippen molar-refractivity contribution in [3.8, 4) is 5.75 Å². The van der Waals surface area contributed by atoms with E-state index in [1.165, 1.54) is 0 Å². The Bertz CT molecular complexity index is 438. The van der Waals surface area contributed by atoms with Gasteiger partial charge in [0.15, 0.2) is 0 Å². The van der Waals surface area contributed by atoms with Crippen LogP contribution in [-0.4, -0.2) is 28.5 Å². The van der Waals surface area contributed by atoms with Crippen LogP contribution in [0.1, 0.15) is 32.8 Å². The van der Waals surface area contributed by atoms with Gasteiger partial charge in [-0.1, -0.05) is 6.07 Å². The fourth-order valence-corrected chi connectivity index (χ4v) is 1.54. The van der Waals surface area contributed by atoms with E-state index in [1.54, 1.807) is 39.0 Å². The van der Waals surface area contributed by atoms with Crippen LogP contribution in [0.25, 0.3) is 0 Å². The van der Waals surface area contributed by atoms with Crippen molar-refractivity contribution in [2.75, 3.05) is 11.9 Å². The van der Waals surface area contributed by atoms with Crippen LogP contribution in [-0.2, 0) is 11.2 Å². The highest BCUT2D eigenvalue weighted by atomic mass is 16.6. The number of hydrogen-bond acceptors (Lipinski definition) is 4. The molecule has 0 aliphatic carbocycles. The summed E-state index contributed by atoms with van der Waals surface area (Å²) >= 11 is 0. The van der Waals surface area contributed by atoms with Gasteiger partial charge in [0.25, 0.3) is 0 Å². The first kappa shape index (κ1) is 15.3. The summed E-state index contributed by atoms with van der Waals surface area (Å²) < 4.78 is 5.10. The zero-order valence-electron chi connectivity index (χ0n) is 11.6. The number of anilines is 1. The van der Waals surface area contributed by atoms with E-state index in [-0.39, 0.29) is 12.4 Å². The van der Waals surface area contributed by atoms with Crippen LogP contribution in [0.5, 0.6) is 5.75 Å². The lowest BCUT2D eigenvalue weighted by Crippen LogP contribution is -2.27. The zero-order valence-corrected chi connectivity index (χ0v) is 11.6. The van der Waals surface area contributed by atoms with Crippen LogP contribution in [0.2, 0.25) is 0 Å². The Morgan fingerprint density at radius 1 is 1.37 bits per heavy atom. The first-order valence-electron chi connectivity index (χ1n) is 6.24. The van der Waals surface area contributed by atoms with Gasteiger partial charge in [-0.2, -0.15) is 0 Å². The van der Waals surface area contributed by atoms with Crippen molar-refractivity contribution in [3.63, 3.8) is 0 Å². The van der Waals surface area contributed by atoms with Gasteiger partial charge in [-0.15, -0.1) is 0 Å². The second kappa shape index (κ2) is 6.43. The average molecular weight is 267 g/mol. The Morgan fingerprint density at radius 2 is 2.05 bits per heavy atom. The summed E-state index contributed by atoms with van der Waals surface area (Å²) in [4.78, 5) is 11.6. The molecule has 0 aliphatic heterocycles. The zero-order chi connectivity index (χ0) is 14.5. The lowest BCUT2D eigenvalue weighted by molar-refractivity contribution is 0.0635. The maximum Gasteiger partial charge on any atom is 0.412 e. The largest absolute Gasteiger partial charge is 0.506 e. The summed E-state index contributed by atoms with van der Waals surface area (Å²) in [6.45, 7) is 5.41. The van der Waals surface area contributed by atoms with Crippen molar-refractivity contribution < 1.29 is 19.7 Å². The maximum absolute atomic E-state index is 11.6. The van der Waals surface area contributed by atoms with E-state index >= 15 is 0 Å². The molecule has 0 spiro atoms. The van der Waals surface area contributed by atoms with E-state index in [0.717, 1.165) is 5.56 Å². The van der Waals surface area contributed by atoms with Crippen molar-refractivity contribution in [1.29, 1.82) is 0 Å². The number of carbonyl (C=O) groups excluding carboxylic acids is 1. The molecule has 0 saturated carbocycles. The quantitative estimate of drug-likeness (QED) is 0.733. The number of aryl methyl sites for hydroxylation is 1. The predicted molar refractivity (Wildman–Crippen MR) is 73.4 cm³/mol. The minimum Gasteiger partial charge on any atom is -0.506 e. The summed E-state index contributed by atoms with van der Waals surface area (Å²) in [7, 11) is 0. The fraction of sp³-hybridized carbons (Fsp3) is 0.500. The SMILES string of the molecule is CC(C)(C)OC(=O)Nc1ccc(CCCO)cc1O. The molecular formula is C14H21NO4. The molecule has 0 bridgehead atoms. The molecule has 0 aromatic heterocycles. The van der Waals surface area contributed by atoms with Crippen LogP contribution >= 0.6 is 0 Å². The third kappa shape index (κ3) is 5.61. The number of amides is 1. The number of aliphatic hydroxyl groups is 1. The highest BCUT2D eigenvalue weighted by Crippen LogP contribution is 2.25. The Morgan fingerprint density at radius 3 is 2.58 bits per heavy atom. The van der Waals surface area contributed by atoms with E-state index in [9.17, 15) is 9.90 Å². The first-order valence-corrected chi connectivity index (χ1v) is 6.24. The lowest BCUT2D eigenvalue weighted by atomic mass is 10.1. The molecule has 0 heterocycles. The topological polar surface area (TPSA) is 78.8 Å². The van der Waals surface area contributed by atoms with Crippen LogP contribution in [0.4, 0.5) is 10.5 Å². The second-order valence-electron chi connectivity index (χ2n) is 5.31. The lowest BCUT2D eigenvalue weighted by Gasteiger charge is -2.20. The number of ether oxygens (including phenoxy) is 1. The average Bonchev–Trinajstić information content (AvgIpc) is 2.27. The fourth-order valence-electron chi connectivity index (χ4n) is 1.54. The third-order valence-corrected chi connectivity index (χ3v) is 2.32. The van der Waals surface area contributed by atoms with Gasteiger partial charge in [0.05, 0.1) is 5.69 Å². The molecular weight excluding hydrogens is 246 g/mol. The molecule has 1 aromatic rings. The summed E-state index contributed by atoms with van der Waals surface area (Å²) in [5.41, 5.74) is 0.629. The van der Waals surface area contributed by atoms with Crippen molar-refractivity contribution in [3.05, 3.63) is 23.8 Å². The molecule has 0 unspecified atom stereocenters. The van der Waals surface area contributed by atoms with E-state index in [4.69, 9.17) is 9.84 Å². The van der Waals surface area contributed by atoms with Crippen molar-refractivity contribution in [1.82, 2.24) is 0 Å². The molecule has 1 aromatic carbocycles. The van der Waals surface area contributed by atoms with Gasteiger partial charge in [0.2, 0.25) is 0 Å². The van der Waals surface area contributed by atoms with E-state index < -0.39 is 11.7 Å². The smallest absolute Gasteiger partial charge is 0.412 e. The number of hydrogen-bond donors (Lipinski definition) is 3. The third-order valence-electron chi connectivity index (χ3n) is 2.32. The van der Waals surface area contributed by atoms with Gasteiger partial charge >= 0.3 is 6.09 Å². The number of rotatable bonds is 4. The van der Waals surface area contributed by atoms with E-state index in [1.807, 2.05) is 0 Å². The number of phenols is 1. The number of carbonyl (C=O) groups is 1. The number of nitrogens with one attached hydrogen (secondary N) is 1. The first-order chi connectivity index (χ1) is 8.81. The molecule has 0 atom stereocenters. The molecule has 19 heavy (non-hydrogen) atoms. The molecule has 1 rings (SSSR count). The Kier molecular flexibility index (Phi) is 5.18. The van der Waals surface area contributed by atoms with Crippen LogP contribution in [0, 0.1) is 0 Å². The van der Waals surface area contributed by atoms with Crippen molar-refractivity contribution in [2.24, 2.45) is 0 Å². The standard InChI is InChI=1S/C14H21NO4/c1-14(2,3)19-13(18)15-11-7-6-10(5-4-8-16)9-12(11)17/h6-7,9,16-17H,4-5,8H2,1-3H3,(H,15,18). The number of aliphatic hydroxyl groups excluding tert-OH is 1. The van der Waals surface area contributed by atoms with Crippen LogP contribution in [0.3, 0.4) is 0 Å². The molecule has 5 heteroatoms. The highest BCUT2D eigenvalue weighted by molar-refractivity contribution is 5.86. The molecule has 1 amide bonds. The number of benzene rings is 1. The van der Waals surface area contributed by atoms with Crippen molar-refractivity contribution in [2.45, 2.75) is 39.2 Å². The Labute approximate surface area is 113 Å². The number of aromatic hydroxyl groups is 1. The summed E-state index contributed by atoms with van der Waals surface area (Å²) in [6.07, 6.45) is 0.709. The molecule has 0 fully saturated rings. The molecule has 0 saturated heterocycles. The highest BCUT2D eigenvalue weighted by Gasteiger charge is 2.17. The van der Waals surface area contributed by atoms with Crippen LogP contribution in [0.15, 0.2) is 18.2 Å². The summed E-state index contributed by atoms with van der Waals surface area (Å²) in [6, 6.07) is 4.98. The number of phenolic OH excluding ortho intramolecular Hbond substituents is 1. The van der Waals surface area contributed by atoms with E-state index in [2.05, 4.69) is 5.32 Å². The molecule has 0 aliphatic rings. The summed E-state index contributed by atoms with van der Waals surface area (Å²) in [5, 5.41) is 21.0. The molecule has 3 N–H and O–H groups in total. The predicted octanol–water partition coefficient (Wildman–Crippen LogP) is 2.66. The van der Waals surface area contributed by atoms with Crippen LogP contribution < -0.4 is 5.32 Å². The monoisotopic (exact) mass is 267 g/mol. The van der Waals surface area contributed by atoms with Crippen molar-refractivity contribution >= 4 is 11.8 Å². The minimum absolute atomic E-state index is 0.0127. The van der Waals surface area contributed by atoms with Gasteiger partial charge in [0.1, 0.15) is 11.4 Å². The normalized spacial score (nSPS) is 11.2. The van der Waals surface area contributed by atoms with Gasteiger partial charge in [0, 0.05) is 6.61 Å². The molecule has 106 valence electrons. The van der Waals surface area contributed by atoms with E-state index in [0.29, 0.717) is 18.5 Å². The molecule has 5 nitrogen and oxygen atoms in total. The Balaban J connectivity index is 2.67. The van der Waals surface area contributed by atoms with Gasteiger partial charge in [-0.3, -0.25) is 5.32 Å². The molecule has 0 radical (unpaired) electrons. The Hall–Kier alpha value is -1.75. The summed E-state index contributed by atoms with van der Waals surface area (Å²) in [5.74, 6) is -0.0127.